The van der Waals surface area contributed by atoms with Crippen LogP contribution < -0.4 is 0 Å². The minimum atomic E-state index is 0.351. The monoisotopic (exact) mass is 170 g/mol. The maximum absolute atomic E-state index is 5.21. The summed E-state index contributed by atoms with van der Waals surface area (Å²) in [5.41, 5.74) is 0. The number of ether oxygens (including phenoxy) is 1. The summed E-state index contributed by atoms with van der Waals surface area (Å²) in [6.07, 6.45) is 9.75. The van der Waals surface area contributed by atoms with E-state index in [0.717, 1.165) is 6.42 Å². The number of hydrogen-bond donors (Lipinski definition) is 0. The van der Waals surface area contributed by atoms with Gasteiger partial charge in [-0.05, 0) is 19.8 Å². The maximum Gasteiger partial charge on any atom is 0.0950 e. The lowest BCUT2D eigenvalue weighted by molar-refractivity contribution is 0.150. The zero-order valence-electron chi connectivity index (χ0n) is 8.51. The molecule has 0 radical (unpaired) electrons. The van der Waals surface area contributed by atoms with E-state index >= 15 is 0 Å². The van der Waals surface area contributed by atoms with Gasteiger partial charge in [0.05, 0.1) is 12.4 Å². The third-order valence-corrected chi connectivity index (χ3v) is 2.04. The van der Waals surface area contributed by atoms with Crippen LogP contribution in [0.1, 0.15) is 52.4 Å². The second-order valence-electron chi connectivity index (χ2n) is 3.32. The van der Waals surface area contributed by atoms with Crippen molar-refractivity contribution in [1.29, 1.82) is 0 Å². The molecule has 0 rings (SSSR count). The van der Waals surface area contributed by atoms with Crippen LogP contribution in [-0.2, 0) is 4.74 Å². The molecule has 0 aliphatic heterocycles. The van der Waals surface area contributed by atoms with Crippen molar-refractivity contribution in [3.05, 3.63) is 12.8 Å². The summed E-state index contributed by atoms with van der Waals surface area (Å²) in [5.74, 6) is 0. The van der Waals surface area contributed by atoms with Gasteiger partial charge in [-0.25, -0.2) is 0 Å². The fraction of sp³-hybridized carbons (Fsp3) is 0.818. The molecule has 0 heterocycles. The van der Waals surface area contributed by atoms with E-state index in [9.17, 15) is 0 Å². The van der Waals surface area contributed by atoms with Gasteiger partial charge < -0.3 is 4.74 Å². The van der Waals surface area contributed by atoms with E-state index in [1.807, 2.05) is 0 Å². The van der Waals surface area contributed by atoms with Crippen molar-refractivity contribution < 1.29 is 4.74 Å². The molecule has 0 aliphatic rings. The summed E-state index contributed by atoms with van der Waals surface area (Å²) >= 11 is 0. The summed E-state index contributed by atoms with van der Waals surface area (Å²) in [4.78, 5) is 0. The molecular weight excluding hydrogens is 148 g/mol. The van der Waals surface area contributed by atoms with Crippen LogP contribution in [0.4, 0.5) is 0 Å². The Morgan fingerprint density at radius 1 is 1.25 bits per heavy atom. The molecule has 0 aromatic heterocycles. The molecule has 72 valence electrons. The average molecular weight is 170 g/mol. The normalized spacial score (nSPS) is 12.5. The summed E-state index contributed by atoms with van der Waals surface area (Å²) in [5, 5.41) is 0. The van der Waals surface area contributed by atoms with Crippen molar-refractivity contribution >= 4 is 0 Å². The van der Waals surface area contributed by atoms with E-state index in [1.54, 1.807) is 0 Å². The SMILES string of the molecule is C=COC(C)CCCCCCC. The Morgan fingerprint density at radius 2 is 1.92 bits per heavy atom. The third-order valence-electron chi connectivity index (χ3n) is 2.04. The quantitative estimate of drug-likeness (QED) is 0.396. The first kappa shape index (κ1) is 11.5. The van der Waals surface area contributed by atoms with Gasteiger partial charge in [0, 0.05) is 0 Å². The molecular formula is C11H22O. The zero-order valence-corrected chi connectivity index (χ0v) is 8.51. The Hall–Kier alpha value is -0.460. The lowest BCUT2D eigenvalue weighted by atomic mass is 10.1. The van der Waals surface area contributed by atoms with Crippen molar-refractivity contribution in [3.8, 4) is 0 Å². The smallest absolute Gasteiger partial charge is 0.0950 e. The van der Waals surface area contributed by atoms with E-state index in [2.05, 4.69) is 20.4 Å². The van der Waals surface area contributed by atoms with Crippen molar-refractivity contribution in [3.63, 3.8) is 0 Å². The first-order valence-corrected chi connectivity index (χ1v) is 5.07. The van der Waals surface area contributed by atoms with Gasteiger partial charge in [0.2, 0.25) is 0 Å². The van der Waals surface area contributed by atoms with Crippen LogP contribution in [0.2, 0.25) is 0 Å². The van der Waals surface area contributed by atoms with Crippen LogP contribution in [0.25, 0.3) is 0 Å². The largest absolute Gasteiger partial charge is 0.499 e. The van der Waals surface area contributed by atoms with E-state index in [-0.39, 0.29) is 0 Å². The highest BCUT2D eigenvalue weighted by Crippen LogP contribution is 2.08. The first-order chi connectivity index (χ1) is 5.81. The van der Waals surface area contributed by atoms with E-state index in [1.165, 1.54) is 38.4 Å². The molecule has 0 aromatic carbocycles. The molecule has 0 bridgehead atoms. The van der Waals surface area contributed by atoms with Gasteiger partial charge in [0.25, 0.3) is 0 Å². The van der Waals surface area contributed by atoms with E-state index in [4.69, 9.17) is 4.74 Å². The molecule has 1 unspecified atom stereocenters. The molecule has 1 heteroatoms. The Bertz CT molecular complexity index is 99.2. The topological polar surface area (TPSA) is 9.23 Å². The molecule has 0 aromatic rings. The van der Waals surface area contributed by atoms with Gasteiger partial charge in [0.1, 0.15) is 0 Å². The molecule has 1 nitrogen and oxygen atoms in total. The highest BCUT2D eigenvalue weighted by atomic mass is 16.5. The van der Waals surface area contributed by atoms with Crippen molar-refractivity contribution in [1.82, 2.24) is 0 Å². The van der Waals surface area contributed by atoms with Crippen molar-refractivity contribution in [2.24, 2.45) is 0 Å². The van der Waals surface area contributed by atoms with Crippen LogP contribution in [0, 0.1) is 0 Å². The van der Waals surface area contributed by atoms with E-state index in [0.29, 0.717) is 6.10 Å². The second kappa shape index (κ2) is 8.63. The average Bonchev–Trinajstić information content (AvgIpc) is 2.05. The minimum absolute atomic E-state index is 0.351. The van der Waals surface area contributed by atoms with Crippen LogP contribution in [0.3, 0.4) is 0 Å². The molecule has 0 amide bonds. The number of rotatable bonds is 8. The highest BCUT2D eigenvalue weighted by Gasteiger charge is 1.98. The molecule has 0 N–H and O–H groups in total. The van der Waals surface area contributed by atoms with Gasteiger partial charge in [-0.15, -0.1) is 0 Å². The second-order valence-corrected chi connectivity index (χ2v) is 3.32. The molecule has 12 heavy (non-hydrogen) atoms. The summed E-state index contributed by atoms with van der Waals surface area (Å²) < 4.78 is 5.21. The molecule has 0 fully saturated rings. The summed E-state index contributed by atoms with van der Waals surface area (Å²) in [6, 6.07) is 0. The lowest BCUT2D eigenvalue weighted by Gasteiger charge is -2.09. The Morgan fingerprint density at radius 3 is 2.50 bits per heavy atom. The third kappa shape index (κ3) is 7.64. The van der Waals surface area contributed by atoms with Gasteiger partial charge in [-0.3, -0.25) is 0 Å². The molecule has 0 saturated carbocycles. The van der Waals surface area contributed by atoms with Crippen molar-refractivity contribution in [2.45, 2.75) is 58.5 Å². The Kier molecular flexibility index (Phi) is 8.30. The number of unbranched alkanes of at least 4 members (excludes halogenated alkanes) is 4. The van der Waals surface area contributed by atoms with Crippen molar-refractivity contribution in [2.75, 3.05) is 0 Å². The fourth-order valence-corrected chi connectivity index (χ4v) is 1.27. The van der Waals surface area contributed by atoms with Gasteiger partial charge in [0.15, 0.2) is 0 Å². The fourth-order valence-electron chi connectivity index (χ4n) is 1.27. The molecule has 0 aliphatic carbocycles. The van der Waals surface area contributed by atoms with Crippen LogP contribution in [0.5, 0.6) is 0 Å². The predicted octanol–water partition coefficient (Wildman–Crippen LogP) is 3.90. The van der Waals surface area contributed by atoms with E-state index < -0.39 is 0 Å². The van der Waals surface area contributed by atoms with Crippen LogP contribution in [0.15, 0.2) is 12.8 Å². The minimum Gasteiger partial charge on any atom is -0.499 e. The molecule has 0 spiro atoms. The number of hydrogen-bond acceptors (Lipinski definition) is 1. The molecule has 0 saturated heterocycles. The first-order valence-electron chi connectivity index (χ1n) is 5.07. The van der Waals surface area contributed by atoms with Gasteiger partial charge in [-0.1, -0.05) is 39.2 Å². The van der Waals surface area contributed by atoms with Gasteiger partial charge in [-0.2, -0.15) is 0 Å². The predicted molar refractivity (Wildman–Crippen MR) is 54.1 cm³/mol. The standard InChI is InChI=1S/C11H22O/c1-4-6-7-8-9-10-11(3)12-5-2/h5,11H,2,4,6-10H2,1,3H3. The van der Waals surface area contributed by atoms with Crippen LogP contribution >= 0.6 is 0 Å². The Balaban J connectivity index is 3.02. The summed E-state index contributed by atoms with van der Waals surface area (Å²) in [7, 11) is 0. The highest BCUT2D eigenvalue weighted by molar-refractivity contribution is 4.57. The summed E-state index contributed by atoms with van der Waals surface area (Å²) in [6.45, 7) is 7.87. The van der Waals surface area contributed by atoms with Gasteiger partial charge >= 0.3 is 0 Å². The van der Waals surface area contributed by atoms with Crippen LogP contribution in [-0.4, -0.2) is 6.10 Å². The maximum atomic E-state index is 5.21. The Labute approximate surface area is 76.8 Å². The zero-order chi connectivity index (χ0) is 9.23. The molecule has 1 atom stereocenters. The lowest BCUT2D eigenvalue weighted by Crippen LogP contribution is -2.02.